The smallest absolute Gasteiger partial charge is 0.308 e. The van der Waals surface area contributed by atoms with Crippen molar-refractivity contribution < 1.29 is 9.53 Å². The second kappa shape index (κ2) is 4.34. The molecule has 1 aliphatic carbocycles. The first kappa shape index (κ1) is 12.7. The van der Waals surface area contributed by atoms with E-state index in [1.54, 1.807) is 0 Å². The van der Waals surface area contributed by atoms with Crippen molar-refractivity contribution >= 4 is 5.97 Å². The number of hydrogen-bond acceptors (Lipinski definition) is 3. The molecule has 0 saturated carbocycles. The third kappa shape index (κ3) is 1.96. The van der Waals surface area contributed by atoms with Crippen LogP contribution >= 0.6 is 0 Å². The maximum atomic E-state index is 11.1. The Labute approximate surface area is 114 Å². The lowest BCUT2D eigenvalue weighted by atomic mass is 9.70. The average molecular weight is 259 g/mol. The molecule has 3 rings (SSSR count). The quantitative estimate of drug-likeness (QED) is 0.604. The van der Waals surface area contributed by atoms with E-state index in [-0.39, 0.29) is 11.4 Å². The summed E-state index contributed by atoms with van der Waals surface area (Å²) in [6, 6.07) is 6.83. The van der Waals surface area contributed by atoms with Gasteiger partial charge in [-0.1, -0.05) is 13.0 Å². The van der Waals surface area contributed by atoms with Crippen molar-refractivity contribution in [2.24, 2.45) is 0 Å². The van der Waals surface area contributed by atoms with Gasteiger partial charge in [-0.2, -0.15) is 0 Å². The molecule has 1 fully saturated rings. The molecule has 0 N–H and O–H groups in total. The molecule has 3 nitrogen and oxygen atoms in total. The Morgan fingerprint density at radius 2 is 2.32 bits per heavy atom. The first-order chi connectivity index (χ1) is 9.04. The highest BCUT2D eigenvalue weighted by molar-refractivity contribution is 5.69. The molecule has 0 amide bonds. The highest BCUT2D eigenvalue weighted by Crippen LogP contribution is 2.47. The number of rotatable bonds is 2. The minimum Gasteiger partial charge on any atom is -0.427 e. The zero-order valence-corrected chi connectivity index (χ0v) is 11.9. The van der Waals surface area contributed by atoms with Gasteiger partial charge in [0.2, 0.25) is 0 Å². The van der Waals surface area contributed by atoms with Crippen LogP contribution in [0, 0.1) is 0 Å². The number of esters is 1. The summed E-state index contributed by atoms with van der Waals surface area (Å²) in [6.07, 6.45) is 3.49. The molecule has 2 aliphatic rings. The number of carbonyl (C=O) groups excluding carboxylic acids is 1. The summed E-state index contributed by atoms with van der Waals surface area (Å²) in [4.78, 5) is 13.6. The highest BCUT2D eigenvalue weighted by Gasteiger charge is 2.47. The SMILES string of the molecule is CCC12CC(Cc3ccc(OC(C)=O)cc31)N(C)C2. The largest absolute Gasteiger partial charge is 0.427 e. The average Bonchev–Trinajstić information content (AvgIpc) is 2.64. The number of likely N-dealkylation sites (N-methyl/N-ethyl adjacent to an activating group) is 1. The van der Waals surface area contributed by atoms with E-state index in [4.69, 9.17) is 4.74 Å². The third-order valence-electron chi connectivity index (χ3n) is 4.85. The van der Waals surface area contributed by atoms with Gasteiger partial charge in [0.25, 0.3) is 0 Å². The molecule has 0 spiro atoms. The van der Waals surface area contributed by atoms with Gasteiger partial charge in [-0.25, -0.2) is 0 Å². The van der Waals surface area contributed by atoms with E-state index in [9.17, 15) is 4.79 Å². The molecule has 1 aromatic carbocycles. The van der Waals surface area contributed by atoms with Crippen molar-refractivity contribution in [1.29, 1.82) is 0 Å². The monoisotopic (exact) mass is 259 g/mol. The van der Waals surface area contributed by atoms with E-state index in [1.165, 1.54) is 24.5 Å². The van der Waals surface area contributed by atoms with E-state index in [1.807, 2.05) is 6.07 Å². The topological polar surface area (TPSA) is 29.5 Å². The van der Waals surface area contributed by atoms with Crippen LogP contribution in [0.2, 0.25) is 0 Å². The fraction of sp³-hybridized carbons (Fsp3) is 0.562. The molecule has 102 valence electrons. The van der Waals surface area contributed by atoms with Gasteiger partial charge in [0.15, 0.2) is 0 Å². The molecule has 2 atom stereocenters. The van der Waals surface area contributed by atoms with Gasteiger partial charge in [0, 0.05) is 24.9 Å². The zero-order chi connectivity index (χ0) is 13.6. The molecule has 1 heterocycles. The van der Waals surface area contributed by atoms with Gasteiger partial charge in [-0.05, 0) is 49.6 Å². The van der Waals surface area contributed by atoms with Crippen molar-refractivity contribution in [2.45, 2.75) is 44.6 Å². The maximum Gasteiger partial charge on any atom is 0.308 e. The number of ether oxygens (including phenoxy) is 1. The predicted octanol–water partition coefficient (Wildman–Crippen LogP) is 2.52. The Kier molecular flexibility index (Phi) is 2.90. The highest BCUT2D eigenvalue weighted by atomic mass is 16.5. The second-order valence-electron chi connectivity index (χ2n) is 6.02. The van der Waals surface area contributed by atoms with Crippen molar-refractivity contribution in [3.63, 3.8) is 0 Å². The van der Waals surface area contributed by atoms with Crippen LogP contribution in [0.25, 0.3) is 0 Å². The Hall–Kier alpha value is -1.35. The zero-order valence-electron chi connectivity index (χ0n) is 11.9. The third-order valence-corrected chi connectivity index (χ3v) is 4.85. The number of fused-ring (bicyclic) bond motifs is 4. The summed E-state index contributed by atoms with van der Waals surface area (Å²) >= 11 is 0. The first-order valence-electron chi connectivity index (χ1n) is 7.06. The maximum absolute atomic E-state index is 11.1. The van der Waals surface area contributed by atoms with Gasteiger partial charge in [-0.15, -0.1) is 0 Å². The molecule has 2 bridgehead atoms. The number of benzene rings is 1. The van der Waals surface area contributed by atoms with Crippen LogP contribution in [0.15, 0.2) is 18.2 Å². The second-order valence-corrected chi connectivity index (χ2v) is 6.02. The summed E-state index contributed by atoms with van der Waals surface area (Å²) in [6.45, 7) is 4.84. The molecule has 1 aromatic rings. The summed E-state index contributed by atoms with van der Waals surface area (Å²) in [5, 5.41) is 0. The van der Waals surface area contributed by atoms with E-state index in [0.29, 0.717) is 11.8 Å². The Morgan fingerprint density at radius 3 is 3.00 bits per heavy atom. The Morgan fingerprint density at radius 1 is 1.53 bits per heavy atom. The molecule has 3 heteroatoms. The lowest BCUT2D eigenvalue weighted by Crippen LogP contribution is -2.31. The van der Waals surface area contributed by atoms with E-state index < -0.39 is 0 Å². The fourth-order valence-electron chi connectivity index (χ4n) is 3.86. The summed E-state index contributed by atoms with van der Waals surface area (Å²) in [5.74, 6) is 0.440. The Balaban J connectivity index is 2.04. The lowest BCUT2D eigenvalue weighted by molar-refractivity contribution is -0.131. The van der Waals surface area contributed by atoms with Gasteiger partial charge < -0.3 is 9.64 Å². The first-order valence-corrected chi connectivity index (χ1v) is 7.06. The predicted molar refractivity (Wildman–Crippen MR) is 74.5 cm³/mol. The number of likely N-dealkylation sites (tertiary alicyclic amines) is 1. The van der Waals surface area contributed by atoms with Crippen LogP contribution in [0.5, 0.6) is 5.75 Å². The molecule has 0 radical (unpaired) electrons. The van der Waals surface area contributed by atoms with Crippen LogP contribution in [0.4, 0.5) is 0 Å². The van der Waals surface area contributed by atoms with Crippen LogP contribution in [0.1, 0.15) is 37.8 Å². The van der Waals surface area contributed by atoms with Crippen LogP contribution in [-0.4, -0.2) is 30.5 Å². The van der Waals surface area contributed by atoms with Gasteiger partial charge in [0.1, 0.15) is 5.75 Å². The van der Waals surface area contributed by atoms with Crippen LogP contribution in [-0.2, 0) is 16.6 Å². The summed E-state index contributed by atoms with van der Waals surface area (Å²) in [7, 11) is 2.22. The van der Waals surface area contributed by atoms with Crippen molar-refractivity contribution in [2.75, 3.05) is 13.6 Å². The van der Waals surface area contributed by atoms with E-state index >= 15 is 0 Å². The van der Waals surface area contributed by atoms with Gasteiger partial charge in [-0.3, -0.25) is 4.79 Å². The van der Waals surface area contributed by atoms with E-state index in [0.717, 1.165) is 19.4 Å². The molecule has 2 unspecified atom stereocenters. The molecule has 1 saturated heterocycles. The molecular weight excluding hydrogens is 238 g/mol. The van der Waals surface area contributed by atoms with Crippen molar-refractivity contribution in [3.8, 4) is 5.75 Å². The van der Waals surface area contributed by atoms with Crippen LogP contribution < -0.4 is 4.74 Å². The van der Waals surface area contributed by atoms with E-state index in [2.05, 4.69) is 31.0 Å². The normalized spacial score (nSPS) is 29.1. The minimum atomic E-state index is -0.247. The van der Waals surface area contributed by atoms with Gasteiger partial charge in [0.05, 0.1) is 0 Å². The van der Waals surface area contributed by atoms with Crippen molar-refractivity contribution in [1.82, 2.24) is 4.90 Å². The summed E-state index contributed by atoms with van der Waals surface area (Å²) in [5.41, 5.74) is 3.08. The lowest BCUT2D eigenvalue weighted by Gasteiger charge is -2.34. The summed E-state index contributed by atoms with van der Waals surface area (Å²) < 4.78 is 5.25. The molecule has 0 aromatic heterocycles. The van der Waals surface area contributed by atoms with Crippen molar-refractivity contribution in [3.05, 3.63) is 29.3 Å². The molecule has 19 heavy (non-hydrogen) atoms. The van der Waals surface area contributed by atoms with Gasteiger partial charge >= 0.3 is 5.97 Å². The number of nitrogens with zero attached hydrogens (tertiary/aromatic N) is 1. The molecule has 1 aliphatic heterocycles. The number of hydrogen-bond donors (Lipinski definition) is 0. The fourth-order valence-corrected chi connectivity index (χ4v) is 3.86. The van der Waals surface area contributed by atoms with Crippen LogP contribution in [0.3, 0.4) is 0 Å². The molecular formula is C16H21NO2. The number of carbonyl (C=O) groups is 1. The minimum absolute atomic E-state index is 0.247. The standard InChI is InChI=1S/C16H21NO2/c1-4-16-9-13(17(3)10-16)7-12-5-6-14(8-15(12)16)19-11(2)18/h5-6,8,13H,4,7,9-10H2,1-3H3. The Bertz CT molecular complexity index is 521.